The van der Waals surface area contributed by atoms with Crippen LogP contribution in [0.5, 0.6) is 0 Å². The van der Waals surface area contributed by atoms with E-state index in [9.17, 15) is 4.79 Å². The van der Waals surface area contributed by atoms with Gasteiger partial charge < -0.3 is 19.7 Å². The van der Waals surface area contributed by atoms with Crippen LogP contribution in [-0.2, 0) is 11.3 Å². The van der Waals surface area contributed by atoms with Crippen LogP contribution in [0.25, 0.3) is 0 Å². The smallest absolute Gasteiger partial charge is 0.242 e. The Balaban J connectivity index is 1.57. The topological polar surface area (TPSA) is 85.0 Å². The lowest BCUT2D eigenvalue weighted by Gasteiger charge is -2.25. The molecule has 1 amide bonds. The molecule has 2 aromatic heterocycles. The highest BCUT2D eigenvalue weighted by molar-refractivity contribution is 5.93. The van der Waals surface area contributed by atoms with Gasteiger partial charge in [0.2, 0.25) is 5.91 Å². The number of amides is 1. The number of hydrogen-bond acceptors (Lipinski definition) is 5. The predicted molar refractivity (Wildman–Crippen MR) is 86.2 cm³/mol. The number of fused-ring (bicyclic) bond motifs is 1. The van der Waals surface area contributed by atoms with Crippen LogP contribution in [0, 0.1) is 6.92 Å². The molecule has 1 aliphatic heterocycles. The second kappa shape index (κ2) is 6.95. The summed E-state index contributed by atoms with van der Waals surface area (Å²) >= 11 is 0. The van der Waals surface area contributed by atoms with Crippen LogP contribution in [0.3, 0.4) is 0 Å². The number of imidazole rings is 1. The summed E-state index contributed by atoms with van der Waals surface area (Å²) < 4.78 is 7.17. The Bertz CT molecular complexity index is 663. The zero-order chi connectivity index (χ0) is 16.2. The standard InChI is InChI=1S/C16H23N5O2/c1-3-13(16(22)19-14-9-11(2)23-20-14)18-10-12-5-4-7-21-8-6-17-15(12)21/h6,8-9,12-13,18H,3-5,7,10H2,1-2H3,(H,19,20,22)/t12-,13-/m1/s1. The molecule has 0 aromatic carbocycles. The van der Waals surface area contributed by atoms with Crippen LogP contribution in [0.15, 0.2) is 23.0 Å². The monoisotopic (exact) mass is 317 g/mol. The Morgan fingerprint density at radius 3 is 3.17 bits per heavy atom. The minimum Gasteiger partial charge on any atom is -0.360 e. The Labute approximate surface area is 135 Å². The second-order valence-electron chi connectivity index (χ2n) is 6.00. The number of nitrogens with one attached hydrogen (secondary N) is 2. The van der Waals surface area contributed by atoms with E-state index in [-0.39, 0.29) is 11.9 Å². The lowest BCUT2D eigenvalue weighted by Crippen LogP contribution is -2.42. The molecule has 2 N–H and O–H groups in total. The van der Waals surface area contributed by atoms with Crippen LogP contribution in [-0.4, -0.2) is 33.2 Å². The molecule has 7 heteroatoms. The quantitative estimate of drug-likeness (QED) is 0.852. The normalized spacial score (nSPS) is 18.4. The molecule has 1 aliphatic rings. The molecule has 3 heterocycles. The van der Waals surface area contributed by atoms with Gasteiger partial charge in [-0.05, 0) is 26.2 Å². The number of hydrogen-bond donors (Lipinski definition) is 2. The number of anilines is 1. The van der Waals surface area contributed by atoms with E-state index in [1.807, 2.05) is 19.3 Å². The molecule has 2 aromatic rings. The SMILES string of the molecule is CC[C@@H](NC[C@H]1CCCn2ccnc21)C(=O)Nc1cc(C)on1. The highest BCUT2D eigenvalue weighted by atomic mass is 16.5. The van der Waals surface area contributed by atoms with E-state index in [4.69, 9.17) is 4.52 Å². The first-order chi connectivity index (χ1) is 11.2. The molecule has 124 valence electrons. The van der Waals surface area contributed by atoms with Crippen LogP contribution in [0.4, 0.5) is 5.82 Å². The molecule has 0 fully saturated rings. The summed E-state index contributed by atoms with van der Waals surface area (Å²) in [6.45, 7) is 5.58. The third-order valence-electron chi connectivity index (χ3n) is 4.28. The largest absolute Gasteiger partial charge is 0.360 e. The first-order valence-corrected chi connectivity index (χ1v) is 8.16. The molecule has 3 rings (SSSR count). The van der Waals surface area contributed by atoms with Gasteiger partial charge in [-0.3, -0.25) is 4.79 Å². The van der Waals surface area contributed by atoms with Crippen LogP contribution < -0.4 is 10.6 Å². The maximum absolute atomic E-state index is 12.3. The van der Waals surface area contributed by atoms with Crippen LogP contribution >= 0.6 is 0 Å². The number of nitrogens with zero attached hydrogens (tertiary/aromatic N) is 3. The summed E-state index contributed by atoms with van der Waals surface area (Å²) in [5.74, 6) is 2.53. The minimum absolute atomic E-state index is 0.0834. The van der Waals surface area contributed by atoms with Crippen molar-refractivity contribution >= 4 is 11.7 Å². The van der Waals surface area contributed by atoms with Crippen molar-refractivity contribution in [1.82, 2.24) is 20.0 Å². The molecular weight excluding hydrogens is 294 g/mol. The van der Waals surface area contributed by atoms with Crippen molar-refractivity contribution in [3.8, 4) is 0 Å². The minimum atomic E-state index is -0.252. The van der Waals surface area contributed by atoms with Crippen molar-refractivity contribution in [1.29, 1.82) is 0 Å². The first-order valence-electron chi connectivity index (χ1n) is 8.16. The van der Waals surface area contributed by atoms with E-state index in [0.717, 1.165) is 31.8 Å². The number of aryl methyl sites for hydroxylation is 2. The van der Waals surface area contributed by atoms with Gasteiger partial charge in [0.05, 0.1) is 6.04 Å². The van der Waals surface area contributed by atoms with Gasteiger partial charge in [0, 0.05) is 37.5 Å². The van der Waals surface area contributed by atoms with Gasteiger partial charge in [-0.15, -0.1) is 0 Å². The van der Waals surface area contributed by atoms with E-state index in [1.54, 1.807) is 13.0 Å². The van der Waals surface area contributed by atoms with Gasteiger partial charge in [0.15, 0.2) is 5.82 Å². The molecule has 0 spiro atoms. The Morgan fingerprint density at radius 1 is 1.57 bits per heavy atom. The fourth-order valence-corrected chi connectivity index (χ4v) is 3.05. The van der Waals surface area contributed by atoms with Crippen molar-refractivity contribution in [3.05, 3.63) is 30.0 Å². The summed E-state index contributed by atoms with van der Waals surface area (Å²) in [6.07, 6.45) is 6.84. The average Bonchev–Trinajstić information content (AvgIpc) is 3.17. The molecular formula is C16H23N5O2. The van der Waals surface area contributed by atoms with Crippen molar-refractivity contribution in [2.24, 2.45) is 0 Å². The zero-order valence-corrected chi connectivity index (χ0v) is 13.6. The molecule has 0 saturated carbocycles. The lowest BCUT2D eigenvalue weighted by atomic mass is 9.98. The summed E-state index contributed by atoms with van der Waals surface area (Å²) in [5, 5.41) is 9.96. The summed E-state index contributed by atoms with van der Waals surface area (Å²) in [7, 11) is 0. The van der Waals surface area contributed by atoms with Gasteiger partial charge >= 0.3 is 0 Å². The van der Waals surface area contributed by atoms with E-state index in [0.29, 0.717) is 23.9 Å². The third-order valence-corrected chi connectivity index (χ3v) is 4.28. The lowest BCUT2D eigenvalue weighted by molar-refractivity contribution is -0.118. The molecule has 23 heavy (non-hydrogen) atoms. The summed E-state index contributed by atoms with van der Waals surface area (Å²) in [5.41, 5.74) is 0. The highest BCUT2D eigenvalue weighted by Crippen LogP contribution is 2.25. The van der Waals surface area contributed by atoms with Gasteiger partial charge in [-0.25, -0.2) is 4.98 Å². The molecule has 0 radical (unpaired) electrons. The molecule has 0 saturated heterocycles. The number of aromatic nitrogens is 3. The van der Waals surface area contributed by atoms with E-state index in [1.165, 1.54) is 0 Å². The van der Waals surface area contributed by atoms with Crippen molar-refractivity contribution in [2.45, 2.75) is 51.6 Å². The number of rotatable bonds is 6. The van der Waals surface area contributed by atoms with Gasteiger partial charge in [0.1, 0.15) is 11.6 Å². The van der Waals surface area contributed by atoms with Crippen LogP contribution in [0.1, 0.15) is 43.7 Å². The third kappa shape index (κ3) is 3.61. The van der Waals surface area contributed by atoms with E-state index in [2.05, 4.69) is 25.3 Å². The first kappa shape index (κ1) is 15.7. The van der Waals surface area contributed by atoms with Crippen molar-refractivity contribution in [2.75, 3.05) is 11.9 Å². The Hall–Kier alpha value is -2.15. The van der Waals surface area contributed by atoms with Crippen molar-refractivity contribution in [3.63, 3.8) is 0 Å². The average molecular weight is 317 g/mol. The molecule has 0 aliphatic carbocycles. The zero-order valence-electron chi connectivity index (χ0n) is 13.6. The van der Waals surface area contributed by atoms with Crippen molar-refractivity contribution < 1.29 is 9.32 Å². The maximum Gasteiger partial charge on any atom is 0.242 e. The Kier molecular flexibility index (Phi) is 4.76. The van der Waals surface area contributed by atoms with Crippen LogP contribution in [0.2, 0.25) is 0 Å². The van der Waals surface area contributed by atoms with Gasteiger partial charge in [0.25, 0.3) is 0 Å². The summed E-state index contributed by atoms with van der Waals surface area (Å²) in [6, 6.07) is 1.46. The fourth-order valence-electron chi connectivity index (χ4n) is 3.05. The van der Waals surface area contributed by atoms with E-state index >= 15 is 0 Å². The Morgan fingerprint density at radius 2 is 2.43 bits per heavy atom. The van der Waals surface area contributed by atoms with E-state index < -0.39 is 0 Å². The molecule has 2 atom stereocenters. The fraction of sp³-hybridized carbons (Fsp3) is 0.562. The maximum atomic E-state index is 12.3. The number of carbonyl (C=O) groups is 1. The highest BCUT2D eigenvalue weighted by Gasteiger charge is 2.24. The second-order valence-corrected chi connectivity index (χ2v) is 6.00. The molecule has 0 bridgehead atoms. The summed E-state index contributed by atoms with van der Waals surface area (Å²) in [4.78, 5) is 16.8. The predicted octanol–water partition coefficient (Wildman–Crippen LogP) is 2.06. The molecule has 0 unspecified atom stereocenters. The van der Waals surface area contributed by atoms with Gasteiger partial charge in [-0.1, -0.05) is 12.1 Å². The van der Waals surface area contributed by atoms with Gasteiger partial charge in [-0.2, -0.15) is 0 Å². The molecule has 7 nitrogen and oxygen atoms in total. The number of carbonyl (C=O) groups excluding carboxylic acids is 1.